The number of nitrogens with one attached hydrogen (secondary N) is 1. The second-order valence-electron chi connectivity index (χ2n) is 6.87. The zero-order valence-electron chi connectivity index (χ0n) is 13.6. The highest BCUT2D eigenvalue weighted by molar-refractivity contribution is 9.10. The molecule has 0 aliphatic heterocycles. The van der Waals surface area contributed by atoms with Crippen LogP contribution in [0.2, 0.25) is 0 Å². The van der Waals surface area contributed by atoms with Gasteiger partial charge in [-0.3, -0.25) is 0 Å². The van der Waals surface area contributed by atoms with E-state index in [-0.39, 0.29) is 16.8 Å². The number of rotatable bonds is 4. The van der Waals surface area contributed by atoms with Crippen LogP contribution in [0.1, 0.15) is 39.2 Å². The molecule has 1 aromatic carbocycles. The Morgan fingerprint density at radius 3 is 2.38 bits per heavy atom. The summed E-state index contributed by atoms with van der Waals surface area (Å²) in [5.41, 5.74) is -1.99. The molecule has 1 N–H and O–H groups in total. The Bertz CT molecular complexity index is 622. The molecule has 0 heterocycles. The molecule has 2 rings (SSSR count). The second-order valence-corrected chi connectivity index (χ2v) is 7.78. The number of alkyl halides is 3. The lowest BCUT2D eigenvalue weighted by molar-refractivity contribution is -0.137. The van der Waals surface area contributed by atoms with Crippen molar-refractivity contribution in [3.63, 3.8) is 0 Å². The van der Waals surface area contributed by atoms with Crippen LogP contribution in [0.15, 0.2) is 22.7 Å². The van der Waals surface area contributed by atoms with Crippen molar-refractivity contribution in [2.24, 2.45) is 0 Å². The van der Waals surface area contributed by atoms with Crippen LogP contribution in [0.4, 0.5) is 18.0 Å². The van der Waals surface area contributed by atoms with Crippen molar-refractivity contribution in [3.05, 3.63) is 28.2 Å². The van der Waals surface area contributed by atoms with Crippen LogP contribution >= 0.6 is 15.9 Å². The monoisotopic (exact) mass is 409 g/mol. The molecule has 4 nitrogen and oxygen atoms in total. The summed E-state index contributed by atoms with van der Waals surface area (Å²) in [6, 6.07) is 3.38. The molecule has 0 atom stereocenters. The Hall–Kier alpha value is -1.44. The van der Waals surface area contributed by atoms with Crippen molar-refractivity contribution in [2.75, 3.05) is 6.61 Å². The van der Waals surface area contributed by atoms with Gasteiger partial charge in [0, 0.05) is 4.47 Å². The van der Waals surface area contributed by atoms with Crippen LogP contribution in [0, 0.1) is 0 Å². The molecule has 0 radical (unpaired) electrons. The number of carbonyl (C=O) groups is 1. The number of hydrogen-bond acceptors (Lipinski definition) is 3. The van der Waals surface area contributed by atoms with Crippen molar-refractivity contribution < 1.29 is 27.4 Å². The minimum Gasteiger partial charge on any atom is -0.491 e. The first kappa shape index (κ1) is 18.9. The maximum Gasteiger partial charge on any atom is 0.416 e. The molecular weight excluding hydrogens is 391 g/mol. The van der Waals surface area contributed by atoms with Gasteiger partial charge in [0.1, 0.15) is 18.0 Å². The van der Waals surface area contributed by atoms with Gasteiger partial charge >= 0.3 is 12.3 Å². The molecule has 1 saturated carbocycles. The minimum absolute atomic E-state index is 0.0833. The van der Waals surface area contributed by atoms with E-state index < -0.39 is 29.0 Å². The quantitative estimate of drug-likeness (QED) is 0.768. The van der Waals surface area contributed by atoms with Crippen LogP contribution in [-0.2, 0) is 10.9 Å². The van der Waals surface area contributed by atoms with E-state index in [1.54, 1.807) is 20.8 Å². The molecule has 24 heavy (non-hydrogen) atoms. The molecule has 1 aliphatic rings. The Kier molecular flexibility index (Phi) is 5.09. The van der Waals surface area contributed by atoms with E-state index in [0.717, 1.165) is 12.1 Å². The summed E-state index contributed by atoms with van der Waals surface area (Å²) in [6.07, 6.45) is -3.64. The van der Waals surface area contributed by atoms with Gasteiger partial charge in [0.05, 0.1) is 11.1 Å². The minimum atomic E-state index is -4.45. The molecule has 1 fully saturated rings. The Labute approximate surface area is 146 Å². The highest BCUT2D eigenvalue weighted by Gasteiger charge is 2.46. The van der Waals surface area contributed by atoms with E-state index in [1.165, 1.54) is 6.07 Å². The number of ether oxygens (including phenoxy) is 2. The maximum atomic E-state index is 12.8. The summed E-state index contributed by atoms with van der Waals surface area (Å²) in [4.78, 5) is 11.8. The van der Waals surface area contributed by atoms with E-state index in [0.29, 0.717) is 12.8 Å². The van der Waals surface area contributed by atoms with Gasteiger partial charge in [-0.15, -0.1) is 0 Å². The summed E-state index contributed by atoms with van der Waals surface area (Å²) < 4.78 is 49.4. The molecule has 1 aliphatic carbocycles. The summed E-state index contributed by atoms with van der Waals surface area (Å²) in [5, 5.41) is 2.73. The molecule has 0 saturated heterocycles. The third-order valence-electron chi connectivity index (χ3n) is 3.33. The topological polar surface area (TPSA) is 47.6 Å². The zero-order chi connectivity index (χ0) is 18.2. The Morgan fingerprint density at radius 1 is 1.25 bits per heavy atom. The van der Waals surface area contributed by atoms with E-state index in [2.05, 4.69) is 21.2 Å². The number of amides is 1. The predicted octanol–water partition coefficient (Wildman–Crippen LogP) is 4.90. The van der Waals surface area contributed by atoms with Gasteiger partial charge in [-0.1, -0.05) is 15.9 Å². The molecule has 1 aromatic rings. The lowest BCUT2D eigenvalue weighted by Gasteiger charge is -2.23. The van der Waals surface area contributed by atoms with E-state index in [1.807, 2.05) is 0 Å². The van der Waals surface area contributed by atoms with Gasteiger partial charge in [-0.25, -0.2) is 4.79 Å². The lowest BCUT2D eigenvalue weighted by atomic mass is 10.2. The van der Waals surface area contributed by atoms with Crippen LogP contribution in [0.25, 0.3) is 0 Å². The van der Waals surface area contributed by atoms with Crippen molar-refractivity contribution in [1.82, 2.24) is 5.32 Å². The summed E-state index contributed by atoms with van der Waals surface area (Å²) >= 11 is 3.05. The van der Waals surface area contributed by atoms with Gasteiger partial charge in [-0.05, 0) is 51.8 Å². The molecule has 134 valence electrons. The summed E-state index contributed by atoms with van der Waals surface area (Å²) in [6.45, 7) is 5.34. The van der Waals surface area contributed by atoms with Gasteiger partial charge in [0.25, 0.3) is 0 Å². The standard InChI is InChI=1S/C16H19BrF3NO3/c1-14(2,3)24-13(22)21-15(4-5-15)9-23-12-7-10(16(18,19)20)6-11(17)8-12/h6-8H,4-5,9H2,1-3H3,(H,21,22). The predicted molar refractivity (Wildman–Crippen MR) is 86.0 cm³/mol. The molecule has 0 aromatic heterocycles. The summed E-state index contributed by atoms with van der Waals surface area (Å²) in [5.74, 6) is 0.0916. The molecule has 0 spiro atoms. The van der Waals surface area contributed by atoms with Gasteiger partial charge in [-0.2, -0.15) is 13.2 Å². The second kappa shape index (κ2) is 6.46. The fourth-order valence-corrected chi connectivity index (χ4v) is 2.48. The lowest BCUT2D eigenvalue weighted by Crippen LogP contribution is -2.44. The van der Waals surface area contributed by atoms with Crippen molar-refractivity contribution in [3.8, 4) is 5.75 Å². The number of hydrogen-bond donors (Lipinski definition) is 1. The molecule has 0 bridgehead atoms. The van der Waals surface area contributed by atoms with Crippen LogP contribution in [0.5, 0.6) is 5.75 Å². The Morgan fingerprint density at radius 2 is 1.88 bits per heavy atom. The molecule has 8 heteroatoms. The smallest absolute Gasteiger partial charge is 0.416 e. The number of alkyl carbamates (subject to hydrolysis) is 1. The fraction of sp³-hybridized carbons (Fsp3) is 0.562. The average molecular weight is 410 g/mol. The van der Waals surface area contributed by atoms with Crippen molar-refractivity contribution in [1.29, 1.82) is 0 Å². The summed E-state index contributed by atoms with van der Waals surface area (Å²) in [7, 11) is 0. The third-order valence-corrected chi connectivity index (χ3v) is 3.79. The highest BCUT2D eigenvalue weighted by Crippen LogP contribution is 2.38. The molecule has 1 amide bonds. The van der Waals surface area contributed by atoms with Crippen LogP contribution < -0.4 is 10.1 Å². The van der Waals surface area contributed by atoms with E-state index in [9.17, 15) is 18.0 Å². The SMILES string of the molecule is CC(C)(C)OC(=O)NC1(COc2cc(Br)cc(C(F)(F)F)c2)CC1. The largest absolute Gasteiger partial charge is 0.491 e. The third kappa shape index (κ3) is 5.58. The number of benzene rings is 1. The van der Waals surface area contributed by atoms with E-state index in [4.69, 9.17) is 9.47 Å². The van der Waals surface area contributed by atoms with Gasteiger partial charge < -0.3 is 14.8 Å². The van der Waals surface area contributed by atoms with Gasteiger partial charge in [0.15, 0.2) is 0 Å². The first-order valence-corrected chi connectivity index (χ1v) is 8.20. The Balaban J connectivity index is 1.98. The number of halogens is 4. The van der Waals surface area contributed by atoms with Crippen LogP contribution in [0.3, 0.4) is 0 Å². The average Bonchev–Trinajstić information content (AvgIpc) is 3.12. The normalized spacial score (nSPS) is 16.5. The fourth-order valence-electron chi connectivity index (χ4n) is 2.01. The zero-order valence-corrected chi connectivity index (χ0v) is 15.2. The molecule has 0 unspecified atom stereocenters. The van der Waals surface area contributed by atoms with Crippen molar-refractivity contribution in [2.45, 2.75) is 50.9 Å². The highest BCUT2D eigenvalue weighted by atomic mass is 79.9. The van der Waals surface area contributed by atoms with E-state index >= 15 is 0 Å². The van der Waals surface area contributed by atoms with Crippen LogP contribution in [-0.4, -0.2) is 23.8 Å². The first-order chi connectivity index (χ1) is 10.9. The van der Waals surface area contributed by atoms with Gasteiger partial charge in [0.2, 0.25) is 0 Å². The molecular formula is C16H19BrF3NO3. The van der Waals surface area contributed by atoms with Crippen molar-refractivity contribution >= 4 is 22.0 Å². The first-order valence-electron chi connectivity index (χ1n) is 7.40. The number of carbonyl (C=O) groups excluding carboxylic acids is 1. The maximum absolute atomic E-state index is 12.8.